The Balaban J connectivity index is 2.50. The average Bonchev–Trinajstić information content (AvgIpc) is 2.94. The summed E-state index contributed by atoms with van der Waals surface area (Å²) in [5, 5.41) is 29.5. The van der Waals surface area contributed by atoms with Gasteiger partial charge >= 0.3 is 11.9 Å². The van der Waals surface area contributed by atoms with Gasteiger partial charge in [0.15, 0.2) is 0 Å². The van der Waals surface area contributed by atoms with E-state index in [1.807, 2.05) is 12.2 Å². The van der Waals surface area contributed by atoms with Gasteiger partial charge in [-0.05, 0) is 63.2 Å². The fraction of sp³-hybridized carbons (Fsp3) is 0.833. The summed E-state index contributed by atoms with van der Waals surface area (Å²) >= 11 is 0. The predicted molar refractivity (Wildman–Crippen MR) is 117 cm³/mol. The van der Waals surface area contributed by atoms with Crippen LogP contribution in [0.15, 0.2) is 12.2 Å². The number of unbranched alkanes of at least 4 members (excludes halogenated alkanes) is 5. The number of aliphatic carboxylic acids is 1. The molecule has 0 unspecified atom stereocenters. The molecule has 0 radical (unpaired) electrons. The van der Waals surface area contributed by atoms with E-state index < -0.39 is 18.2 Å². The lowest BCUT2D eigenvalue weighted by molar-refractivity contribution is -0.147. The van der Waals surface area contributed by atoms with Crippen molar-refractivity contribution >= 4 is 11.9 Å². The van der Waals surface area contributed by atoms with E-state index >= 15 is 0 Å². The number of carbonyl (C=O) groups excluding carboxylic acids is 1. The van der Waals surface area contributed by atoms with E-state index in [4.69, 9.17) is 9.84 Å². The number of hydrogen-bond donors (Lipinski definition) is 3. The molecule has 0 aliphatic heterocycles. The highest BCUT2D eigenvalue weighted by atomic mass is 16.5. The molecule has 1 aliphatic carbocycles. The Morgan fingerprint density at radius 2 is 1.70 bits per heavy atom. The van der Waals surface area contributed by atoms with Gasteiger partial charge < -0.3 is 20.1 Å². The molecule has 0 amide bonds. The van der Waals surface area contributed by atoms with E-state index in [1.165, 1.54) is 26.2 Å². The highest BCUT2D eigenvalue weighted by Crippen LogP contribution is 2.38. The molecule has 1 aliphatic rings. The zero-order valence-corrected chi connectivity index (χ0v) is 18.8. The van der Waals surface area contributed by atoms with Crippen molar-refractivity contribution < 1.29 is 29.6 Å². The maximum absolute atomic E-state index is 11.5. The quantitative estimate of drug-likeness (QED) is 0.189. The first-order valence-electron chi connectivity index (χ1n) is 11.7. The fourth-order valence-corrected chi connectivity index (χ4v) is 4.50. The van der Waals surface area contributed by atoms with E-state index in [9.17, 15) is 19.8 Å². The predicted octanol–water partition coefficient (Wildman–Crippen LogP) is 4.62. The SMILES string of the molecule is CCCCCCC[C@@H](CC[C@@H]1[C@@H](C/C=C\CCCC(=O)O)[C@@H](O)C[C@H]1O)OC(C)=O. The van der Waals surface area contributed by atoms with Gasteiger partial charge in [0.25, 0.3) is 0 Å². The molecule has 30 heavy (non-hydrogen) atoms. The lowest BCUT2D eigenvalue weighted by atomic mass is 9.85. The van der Waals surface area contributed by atoms with Crippen LogP contribution in [0.5, 0.6) is 0 Å². The van der Waals surface area contributed by atoms with Crippen molar-refractivity contribution in [2.75, 3.05) is 0 Å². The van der Waals surface area contributed by atoms with Crippen LogP contribution < -0.4 is 0 Å². The monoisotopic (exact) mass is 426 g/mol. The third-order valence-electron chi connectivity index (χ3n) is 6.14. The zero-order valence-electron chi connectivity index (χ0n) is 18.8. The van der Waals surface area contributed by atoms with Gasteiger partial charge in [-0.2, -0.15) is 0 Å². The second kappa shape index (κ2) is 15.4. The van der Waals surface area contributed by atoms with Crippen LogP contribution in [0.2, 0.25) is 0 Å². The molecule has 1 rings (SSSR count). The van der Waals surface area contributed by atoms with Crippen LogP contribution in [0, 0.1) is 11.8 Å². The highest BCUT2D eigenvalue weighted by molar-refractivity contribution is 5.66. The number of ether oxygens (including phenoxy) is 1. The Morgan fingerprint density at radius 3 is 2.37 bits per heavy atom. The second-order valence-corrected chi connectivity index (χ2v) is 8.70. The molecule has 0 bridgehead atoms. The minimum Gasteiger partial charge on any atom is -0.481 e. The van der Waals surface area contributed by atoms with E-state index in [0.29, 0.717) is 32.1 Å². The van der Waals surface area contributed by atoms with Crippen LogP contribution >= 0.6 is 0 Å². The topological polar surface area (TPSA) is 104 Å². The minimum atomic E-state index is -0.787. The average molecular weight is 427 g/mol. The Hall–Kier alpha value is -1.40. The van der Waals surface area contributed by atoms with Crippen molar-refractivity contribution in [2.45, 2.75) is 116 Å². The van der Waals surface area contributed by atoms with Gasteiger partial charge in [0.2, 0.25) is 0 Å². The molecule has 0 aromatic rings. The van der Waals surface area contributed by atoms with Crippen molar-refractivity contribution in [1.82, 2.24) is 0 Å². The lowest BCUT2D eigenvalue weighted by Crippen LogP contribution is -2.25. The van der Waals surface area contributed by atoms with Crippen LogP contribution in [0.25, 0.3) is 0 Å². The van der Waals surface area contributed by atoms with Crippen molar-refractivity contribution in [1.29, 1.82) is 0 Å². The normalized spacial score (nSPS) is 24.9. The summed E-state index contributed by atoms with van der Waals surface area (Å²) in [4.78, 5) is 22.0. The van der Waals surface area contributed by atoms with E-state index in [0.717, 1.165) is 25.7 Å². The van der Waals surface area contributed by atoms with Crippen molar-refractivity contribution in [2.24, 2.45) is 11.8 Å². The lowest BCUT2D eigenvalue weighted by Gasteiger charge is -2.25. The fourth-order valence-electron chi connectivity index (χ4n) is 4.50. The van der Waals surface area contributed by atoms with Crippen LogP contribution in [-0.2, 0) is 14.3 Å². The summed E-state index contributed by atoms with van der Waals surface area (Å²) in [6, 6.07) is 0. The second-order valence-electron chi connectivity index (χ2n) is 8.70. The first-order chi connectivity index (χ1) is 14.3. The van der Waals surface area contributed by atoms with E-state index in [1.54, 1.807) is 0 Å². The highest BCUT2D eigenvalue weighted by Gasteiger charge is 2.40. The number of allylic oxidation sites excluding steroid dienone is 2. The molecular weight excluding hydrogens is 384 g/mol. The summed E-state index contributed by atoms with van der Waals surface area (Å²) in [5.41, 5.74) is 0. The summed E-state index contributed by atoms with van der Waals surface area (Å²) in [7, 11) is 0. The number of carbonyl (C=O) groups is 2. The summed E-state index contributed by atoms with van der Waals surface area (Å²) in [6.07, 6.45) is 13.4. The third kappa shape index (κ3) is 11.1. The number of aliphatic hydroxyl groups excluding tert-OH is 2. The molecule has 1 fully saturated rings. The Bertz CT molecular complexity index is 518. The van der Waals surface area contributed by atoms with Gasteiger partial charge in [-0.25, -0.2) is 0 Å². The number of carboxylic acids is 1. The molecule has 3 N–H and O–H groups in total. The van der Waals surface area contributed by atoms with Gasteiger partial charge in [0, 0.05) is 13.3 Å². The standard InChI is InChI=1S/C24H42O6/c1-3-4-5-6-9-12-19(30-18(2)25)15-16-21-20(22(26)17-23(21)27)13-10-7-8-11-14-24(28)29/h7,10,19-23,26-27H,3-6,8-9,11-17H2,1-2H3,(H,28,29)/b10-7-/t19-,20+,21+,22-,23+/m0/s1. The first-order valence-corrected chi connectivity index (χ1v) is 11.7. The molecule has 0 aromatic carbocycles. The summed E-state index contributed by atoms with van der Waals surface area (Å²) in [6.45, 7) is 3.63. The molecule has 0 aromatic heterocycles. The molecule has 0 saturated heterocycles. The molecule has 0 heterocycles. The van der Waals surface area contributed by atoms with Crippen molar-refractivity contribution in [3.8, 4) is 0 Å². The molecule has 6 heteroatoms. The Morgan fingerprint density at radius 1 is 1.00 bits per heavy atom. The van der Waals surface area contributed by atoms with Gasteiger partial charge in [0.05, 0.1) is 12.2 Å². The molecule has 5 atom stereocenters. The Labute approximate surface area is 181 Å². The van der Waals surface area contributed by atoms with Gasteiger partial charge in [-0.3, -0.25) is 9.59 Å². The van der Waals surface area contributed by atoms with Crippen molar-refractivity contribution in [3.05, 3.63) is 12.2 Å². The number of carboxylic acid groups (broad SMARTS) is 1. The van der Waals surface area contributed by atoms with E-state index in [-0.39, 0.29) is 30.3 Å². The maximum atomic E-state index is 11.5. The number of aliphatic hydroxyl groups is 2. The number of rotatable bonds is 16. The van der Waals surface area contributed by atoms with Crippen LogP contribution in [0.3, 0.4) is 0 Å². The zero-order chi connectivity index (χ0) is 22.4. The van der Waals surface area contributed by atoms with Crippen molar-refractivity contribution in [3.63, 3.8) is 0 Å². The van der Waals surface area contributed by atoms with Crippen LogP contribution in [0.4, 0.5) is 0 Å². The molecule has 174 valence electrons. The molecule has 6 nitrogen and oxygen atoms in total. The van der Waals surface area contributed by atoms with Gasteiger partial charge in [-0.15, -0.1) is 0 Å². The molecule has 1 saturated carbocycles. The van der Waals surface area contributed by atoms with E-state index in [2.05, 4.69) is 6.92 Å². The summed E-state index contributed by atoms with van der Waals surface area (Å²) < 4.78 is 5.51. The number of hydrogen-bond acceptors (Lipinski definition) is 5. The van der Waals surface area contributed by atoms with Gasteiger partial charge in [-0.1, -0.05) is 44.8 Å². The van der Waals surface area contributed by atoms with Gasteiger partial charge in [0.1, 0.15) is 6.10 Å². The van der Waals surface area contributed by atoms with Crippen LogP contribution in [0.1, 0.15) is 97.3 Å². The first kappa shape index (κ1) is 26.6. The minimum absolute atomic E-state index is 0.0122. The largest absolute Gasteiger partial charge is 0.481 e. The molecule has 0 spiro atoms. The van der Waals surface area contributed by atoms with Crippen LogP contribution in [-0.4, -0.2) is 45.6 Å². The molecular formula is C24H42O6. The smallest absolute Gasteiger partial charge is 0.303 e. The third-order valence-corrected chi connectivity index (χ3v) is 6.14. The maximum Gasteiger partial charge on any atom is 0.303 e. The Kier molecular flexibility index (Phi) is 13.7. The number of esters is 1. The summed E-state index contributed by atoms with van der Waals surface area (Å²) in [5.74, 6) is -1.08.